The number of benzene rings is 1. The second-order valence-electron chi connectivity index (χ2n) is 3.82. The van der Waals surface area contributed by atoms with Crippen LogP contribution < -0.4 is 5.73 Å². The normalized spacial score (nSPS) is 11.6. The standard InChI is InChI=1S/C12H9F3N2OS/c1-6-17-9(11(16)18)10(19-6)7-4-2-3-5-8(7)12(13,14)15/h2-5H,1H3,(H2,16,18). The van der Waals surface area contributed by atoms with E-state index >= 15 is 0 Å². The van der Waals surface area contributed by atoms with Crippen molar-refractivity contribution >= 4 is 17.2 Å². The third-order valence-corrected chi connectivity index (χ3v) is 3.45. The van der Waals surface area contributed by atoms with E-state index in [1.54, 1.807) is 6.92 Å². The molecule has 1 heterocycles. The van der Waals surface area contributed by atoms with Crippen molar-refractivity contribution in [1.82, 2.24) is 4.98 Å². The molecule has 0 atom stereocenters. The monoisotopic (exact) mass is 286 g/mol. The van der Waals surface area contributed by atoms with Crippen molar-refractivity contribution < 1.29 is 18.0 Å². The predicted octanol–water partition coefficient (Wildman–Crippen LogP) is 3.24. The van der Waals surface area contributed by atoms with E-state index in [2.05, 4.69) is 4.98 Å². The first-order valence-corrected chi connectivity index (χ1v) is 6.06. The number of halogens is 3. The van der Waals surface area contributed by atoms with E-state index < -0.39 is 17.6 Å². The summed E-state index contributed by atoms with van der Waals surface area (Å²) in [6, 6.07) is 5.05. The fourth-order valence-corrected chi connectivity index (χ4v) is 2.67. The van der Waals surface area contributed by atoms with Crippen LogP contribution in [-0.4, -0.2) is 10.9 Å². The number of carbonyl (C=O) groups excluding carboxylic acids is 1. The Morgan fingerprint density at radius 3 is 2.53 bits per heavy atom. The van der Waals surface area contributed by atoms with Gasteiger partial charge in [0.15, 0.2) is 0 Å². The lowest BCUT2D eigenvalue weighted by atomic mass is 10.0. The Kier molecular flexibility index (Phi) is 3.32. The van der Waals surface area contributed by atoms with Crippen molar-refractivity contribution in [2.45, 2.75) is 13.1 Å². The molecule has 0 saturated heterocycles. The van der Waals surface area contributed by atoms with Gasteiger partial charge in [0.25, 0.3) is 5.91 Å². The molecule has 100 valence electrons. The van der Waals surface area contributed by atoms with Gasteiger partial charge in [-0.2, -0.15) is 13.2 Å². The van der Waals surface area contributed by atoms with Gasteiger partial charge in [-0.3, -0.25) is 4.79 Å². The minimum absolute atomic E-state index is 0.0746. The fraction of sp³-hybridized carbons (Fsp3) is 0.167. The summed E-state index contributed by atoms with van der Waals surface area (Å²) in [6.07, 6.45) is -4.50. The number of hydrogen-bond donors (Lipinski definition) is 1. The topological polar surface area (TPSA) is 56.0 Å². The molecule has 2 aromatic rings. The number of hydrogen-bond acceptors (Lipinski definition) is 3. The molecule has 7 heteroatoms. The fourth-order valence-electron chi connectivity index (χ4n) is 1.70. The first kappa shape index (κ1) is 13.5. The summed E-state index contributed by atoms with van der Waals surface area (Å²) in [7, 11) is 0. The van der Waals surface area contributed by atoms with Crippen LogP contribution in [0, 0.1) is 6.92 Å². The molecule has 2 rings (SSSR count). The number of carbonyl (C=O) groups is 1. The Labute approximate surface area is 110 Å². The number of nitrogens with zero attached hydrogens (tertiary/aromatic N) is 1. The van der Waals surface area contributed by atoms with Gasteiger partial charge >= 0.3 is 6.18 Å². The van der Waals surface area contributed by atoms with Gasteiger partial charge in [0, 0.05) is 5.56 Å². The maximum absolute atomic E-state index is 12.9. The highest BCUT2D eigenvalue weighted by Gasteiger charge is 2.34. The molecule has 1 aromatic carbocycles. The lowest BCUT2D eigenvalue weighted by molar-refractivity contribution is -0.137. The molecule has 1 aromatic heterocycles. The highest BCUT2D eigenvalue weighted by atomic mass is 32.1. The molecule has 0 aliphatic carbocycles. The van der Waals surface area contributed by atoms with Gasteiger partial charge in [-0.05, 0) is 13.0 Å². The summed E-state index contributed by atoms with van der Waals surface area (Å²) < 4.78 is 38.8. The van der Waals surface area contributed by atoms with E-state index in [1.807, 2.05) is 0 Å². The molecule has 2 N–H and O–H groups in total. The van der Waals surface area contributed by atoms with Gasteiger partial charge in [-0.15, -0.1) is 11.3 Å². The van der Waals surface area contributed by atoms with Gasteiger partial charge < -0.3 is 5.73 Å². The van der Waals surface area contributed by atoms with Gasteiger partial charge in [0.2, 0.25) is 0 Å². The molecule has 0 radical (unpaired) electrons. The average Bonchev–Trinajstić information content (AvgIpc) is 2.70. The quantitative estimate of drug-likeness (QED) is 0.921. The Morgan fingerprint density at radius 2 is 1.95 bits per heavy atom. The van der Waals surface area contributed by atoms with Crippen molar-refractivity contribution in [2.24, 2.45) is 5.73 Å². The second kappa shape index (κ2) is 4.65. The Hall–Kier alpha value is -1.89. The van der Waals surface area contributed by atoms with Crippen molar-refractivity contribution in [1.29, 1.82) is 0 Å². The zero-order valence-corrected chi connectivity index (χ0v) is 10.6. The minimum Gasteiger partial charge on any atom is -0.364 e. The Bertz CT molecular complexity index is 634. The molecule has 1 amide bonds. The number of nitrogens with two attached hydrogens (primary N) is 1. The van der Waals surface area contributed by atoms with Crippen LogP contribution in [0.15, 0.2) is 24.3 Å². The number of alkyl halides is 3. The van der Waals surface area contributed by atoms with Gasteiger partial charge in [0.05, 0.1) is 15.4 Å². The molecule has 0 unspecified atom stereocenters. The minimum atomic E-state index is -4.50. The molecule has 19 heavy (non-hydrogen) atoms. The van der Waals surface area contributed by atoms with Crippen molar-refractivity contribution in [3.05, 3.63) is 40.5 Å². The first-order valence-electron chi connectivity index (χ1n) is 5.24. The van der Waals surface area contributed by atoms with Crippen LogP contribution in [0.1, 0.15) is 21.1 Å². The summed E-state index contributed by atoms with van der Waals surface area (Å²) in [4.78, 5) is 15.3. The number of aromatic nitrogens is 1. The van der Waals surface area contributed by atoms with Crippen LogP contribution in [0.5, 0.6) is 0 Å². The Morgan fingerprint density at radius 1 is 1.32 bits per heavy atom. The largest absolute Gasteiger partial charge is 0.417 e. The molecule has 0 spiro atoms. The smallest absolute Gasteiger partial charge is 0.364 e. The predicted molar refractivity (Wildman–Crippen MR) is 65.8 cm³/mol. The van der Waals surface area contributed by atoms with E-state index in [0.717, 1.165) is 17.4 Å². The average molecular weight is 286 g/mol. The molecular formula is C12H9F3N2OS. The van der Waals surface area contributed by atoms with E-state index in [9.17, 15) is 18.0 Å². The SMILES string of the molecule is Cc1nc(C(N)=O)c(-c2ccccc2C(F)(F)F)s1. The lowest BCUT2D eigenvalue weighted by Crippen LogP contribution is -2.13. The molecule has 0 saturated carbocycles. The number of amides is 1. The summed E-state index contributed by atoms with van der Waals surface area (Å²) in [5, 5.41) is 0.487. The van der Waals surface area contributed by atoms with Gasteiger partial charge in [-0.25, -0.2) is 4.98 Å². The number of rotatable bonds is 2. The maximum Gasteiger partial charge on any atom is 0.417 e. The maximum atomic E-state index is 12.9. The van der Waals surface area contributed by atoms with Crippen molar-refractivity contribution in [3.63, 3.8) is 0 Å². The highest BCUT2D eigenvalue weighted by Crippen LogP contribution is 2.40. The number of thiazole rings is 1. The van der Waals surface area contributed by atoms with Crippen LogP contribution in [0.2, 0.25) is 0 Å². The lowest BCUT2D eigenvalue weighted by Gasteiger charge is -2.11. The van der Waals surface area contributed by atoms with Gasteiger partial charge in [0.1, 0.15) is 5.69 Å². The van der Waals surface area contributed by atoms with E-state index in [1.165, 1.54) is 18.2 Å². The van der Waals surface area contributed by atoms with Crippen LogP contribution in [0.25, 0.3) is 10.4 Å². The summed E-state index contributed by atoms with van der Waals surface area (Å²) in [5.74, 6) is -0.837. The zero-order chi connectivity index (χ0) is 14.2. The molecule has 0 bridgehead atoms. The molecule has 3 nitrogen and oxygen atoms in total. The summed E-state index contributed by atoms with van der Waals surface area (Å²) in [5.41, 5.74) is 4.14. The molecule has 0 aliphatic rings. The zero-order valence-electron chi connectivity index (χ0n) is 9.78. The van der Waals surface area contributed by atoms with Crippen LogP contribution in [-0.2, 0) is 6.18 Å². The third-order valence-electron chi connectivity index (χ3n) is 2.44. The Balaban J connectivity index is 2.70. The summed E-state index contributed by atoms with van der Waals surface area (Å²) >= 11 is 1.01. The summed E-state index contributed by atoms with van der Waals surface area (Å²) in [6.45, 7) is 1.61. The molecular weight excluding hydrogens is 277 g/mol. The van der Waals surface area contributed by atoms with E-state index in [0.29, 0.717) is 5.01 Å². The van der Waals surface area contributed by atoms with Crippen molar-refractivity contribution in [2.75, 3.05) is 0 Å². The van der Waals surface area contributed by atoms with E-state index in [-0.39, 0.29) is 16.1 Å². The second-order valence-corrected chi connectivity index (χ2v) is 5.02. The molecule has 0 aliphatic heterocycles. The number of aryl methyl sites for hydroxylation is 1. The highest BCUT2D eigenvalue weighted by molar-refractivity contribution is 7.15. The van der Waals surface area contributed by atoms with E-state index in [4.69, 9.17) is 5.73 Å². The van der Waals surface area contributed by atoms with Crippen LogP contribution >= 0.6 is 11.3 Å². The first-order chi connectivity index (χ1) is 8.80. The van der Waals surface area contributed by atoms with Crippen LogP contribution in [0.3, 0.4) is 0 Å². The number of primary amides is 1. The van der Waals surface area contributed by atoms with Crippen molar-refractivity contribution in [3.8, 4) is 10.4 Å². The van der Waals surface area contributed by atoms with Crippen LogP contribution in [0.4, 0.5) is 13.2 Å². The third kappa shape index (κ3) is 2.60. The van der Waals surface area contributed by atoms with Gasteiger partial charge in [-0.1, -0.05) is 18.2 Å². The molecule has 0 fully saturated rings.